The summed E-state index contributed by atoms with van der Waals surface area (Å²) in [4.78, 5) is 14.2. The molecule has 0 N–H and O–H groups in total. The average molecular weight is 325 g/mol. The van der Waals surface area contributed by atoms with Gasteiger partial charge in [0.1, 0.15) is 5.75 Å². The summed E-state index contributed by atoms with van der Waals surface area (Å²) >= 11 is 0. The lowest BCUT2D eigenvalue weighted by atomic mass is 9.81. The zero-order valence-electron chi connectivity index (χ0n) is 14.5. The predicted octanol–water partition coefficient (Wildman–Crippen LogP) is 4.73. The van der Waals surface area contributed by atoms with Gasteiger partial charge in [0.25, 0.3) is 0 Å². The van der Waals surface area contributed by atoms with Crippen LogP contribution in [-0.2, 0) is 10.2 Å². The third-order valence-electron chi connectivity index (χ3n) is 4.94. The fourth-order valence-electron chi connectivity index (χ4n) is 3.34. The summed E-state index contributed by atoms with van der Waals surface area (Å²) in [6, 6.07) is 17.4. The van der Waals surface area contributed by atoms with E-state index in [0.29, 0.717) is 5.75 Å². The highest BCUT2D eigenvalue weighted by molar-refractivity contribution is 5.67. The topological polar surface area (TPSA) is 38.8 Å². The van der Waals surface area contributed by atoms with Gasteiger partial charge in [-0.2, -0.15) is 0 Å². The second kappa shape index (κ2) is 6.19. The van der Waals surface area contributed by atoms with Crippen molar-refractivity contribution in [1.29, 1.82) is 0 Å². The maximum Gasteiger partial charge on any atom is 0.515 e. The third kappa shape index (κ3) is 2.84. The SMILES string of the molecule is CC(OC(=O)Oc1ccccc1)N1c2ccccc2C(C)(C)C1C. The zero-order chi connectivity index (χ0) is 17.3. The van der Waals surface area contributed by atoms with Crippen LogP contribution in [0.4, 0.5) is 10.5 Å². The van der Waals surface area contributed by atoms with E-state index in [4.69, 9.17) is 9.47 Å². The Labute approximate surface area is 143 Å². The van der Waals surface area contributed by atoms with Crippen molar-refractivity contribution in [3.63, 3.8) is 0 Å². The van der Waals surface area contributed by atoms with Crippen molar-refractivity contribution in [2.75, 3.05) is 4.90 Å². The Kier molecular flexibility index (Phi) is 4.22. The molecule has 4 nitrogen and oxygen atoms in total. The van der Waals surface area contributed by atoms with Crippen molar-refractivity contribution in [1.82, 2.24) is 0 Å². The highest BCUT2D eigenvalue weighted by Gasteiger charge is 2.44. The summed E-state index contributed by atoms with van der Waals surface area (Å²) in [5, 5.41) is 0. The number of hydrogen-bond donors (Lipinski definition) is 0. The van der Waals surface area contributed by atoms with Crippen molar-refractivity contribution in [2.24, 2.45) is 0 Å². The predicted molar refractivity (Wildman–Crippen MR) is 94.4 cm³/mol. The standard InChI is InChI=1S/C20H23NO3/c1-14-20(3,4)17-12-8-9-13-18(17)21(14)15(2)23-19(22)24-16-10-6-5-7-11-16/h5-15H,1-4H3. The van der Waals surface area contributed by atoms with Gasteiger partial charge in [0.15, 0.2) is 6.23 Å². The highest BCUT2D eigenvalue weighted by atomic mass is 16.7. The van der Waals surface area contributed by atoms with Crippen LogP contribution in [0.3, 0.4) is 0 Å². The molecule has 1 heterocycles. The van der Waals surface area contributed by atoms with Gasteiger partial charge in [-0.05, 0) is 37.6 Å². The lowest BCUT2D eigenvalue weighted by Gasteiger charge is -2.35. The molecule has 126 valence electrons. The van der Waals surface area contributed by atoms with E-state index < -0.39 is 12.4 Å². The first-order valence-electron chi connectivity index (χ1n) is 8.22. The van der Waals surface area contributed by atoms with Crippen molar-refractivity contribution >= 4 is 11.8 Å². The lowest BCUT2D eigenvalue weighted by molar-refractivity contribution is 0.0602. The van der Waals surface area contributed by atoms with Crippen molar-refractivity contribution in [3.8, 4) is 5.75 Å². The zero-order valence-corrected chi connectivity index (χ0v) is 14.5. The van der Waals surface area contributed by atoms with E-state index in [2.05, 4.69) is 37.8 Å². The Balaban J connectivity index is 1.75. The molecule has 1 aliphatic heterocycles. The molecule has 0 aromatic heterocycles. The first kappa shape index (κ1) is 16.4. The number of benzene rings is 2. The molecule has 0 amide bonds. The third-order valence-corrected chi connectivity index (χ3v) is 4.94. The molecule has 0 bridgehead atoms. The number of carbonyl (C=O) groups excluding carboxylic acids is 1. The van der Waals surface area contributed by atoms with Gasteiger partial charge in [-0.25, -0.2) is 4.79 Å². The van der Waals surface area contributed by atoms with E-state index in [1.807, 2.05) is 37.3 Å². The summed E-state index contributed by atoms with van der Waals surface area (Å²) in [6.45, 7) is 8.46. The van der Waals surface area contributed by atoms with E-state index >= 15 is 0 Å². The van der Waals surface area contributed by atoms with Crippen LogP contribution in [0.5, 0.6) is 5.75 Å². The van der Waals surface area contributed by atoms with Crippen LogP contribution in [-0.4, -0.2) is 18.4 Å². The van der Waals surface area contributed by atoms with E-state index in [1.165, 1.54) is 5.56 Å². The van der Waals surface area contributed by atoms with Gasteiger partial charge in [-0.15, -0.1) is 0 Å². The molecule has 1 aliphatic rings. The van der Waals surface area contributed by atoms with Crippen LogP contribution in [0.25, 0.3) is 0 Å². The largest absolute Gasteiger partial charge is 0.515 e. The number of carbonyl (C=O) groups is 1. The first-order chi connectivity index (χ1) is 11.4. The van der Waals surface area contributed by atoms with Crippen LogP contribution < -0.4 is 9.64 Å². The Morgan fingerprint density at radius 1 is 1.08 bits per heavy atom. The fourth-order valence-corrected chi connectivity index (χ4v) is 3.34. The number of rotatable bonds is 3. The van der Waals surface area contributed by atoms with E-state index in [1.54, 1.807) is 12.1 Å². The molecule has 0 aliphatic carbocycles. The number of hydrogen-bond acceptors (Lipinski definition) is 4. The van der Waals surface area contributed by atoms with Gasteiger partial charge in [-0.3, -0.25) is 0 Å². The van der Waals surface area contributed by atoms with Gasteiger partial charge in [0.2, 0.25) is 0 Å². The van der Waals surface area contributed by atoms with Crippen molar-refractivity contribution < 1.29 is 14.3 Å². The Hall–Kier alpha value is -2.49. The van der Waals surface area contributed by atoms with Crippen LogP contribution >= 0.6 is 0 Å². The minimum absolute atomic E-state index is 0.0163. The molecule has 2 atom stereocenters. The summed E-state index contributed by atoms with van der Waals surface area (Å²) in [5.41, 5.74) is 2.36. The van der Waals surface area contributed by atoms with Crippen LogP contribution in [0.15, 0.2) is 54.6 Å². The maximum absolute atomic E-state index is 12.1. The molecule has 0 spiro atoms. The maximum atomic E-state index is 12.1. The quantitative estimate of drug-likeness (QED) is 0.604. The Morgan fingerprint density at radius 2 is 1.71 bits per heavy atom. The lowest BCUT2D eigenvalue weighted by Crippen LogP contribution is -2.46. The minimum atomic E-state index is -0.692. The Morgan fingerprint density at radius 3 is 2.42 bits per heavy atom. The van der Waals surface area contributed by atoms with E-state index in [0.717, 1.165) is 5.69 Å². The molecular weight excluding hydrogens is 302 g/mol. The molecule has 0 saturated heterocycles. The van der Waals surface area contributed by atoms with Gasteiger partial charge >= 0.3 is 6.16 Å². The molecule has 2 unspecified atom stereocenters. The van der Waals surface area contributed by atoms with Crippen molar-refractivity contribution in [3.05, 3.63) is 60.2 Å². The fraction of sp³-hybridized carbons (Fsp3) is 0.350. The Bertz CT molecular complexity index is 727. The van der Waals surface area contributed by atoms with E-state index in [-0.39, 0.29) is 11.5 Å². The summed E-state index contributed by atoms with van der Waals surface area (Å²) < 4.78 is 10.8. The summed E-state index contributed by atoms with van der Waals surface area (Å²) in [6.07, 6.45) is -1.11. The smallest absolute Gasteiger partial charge is 0.410 e. The van der Waals surface area contributed by atoms with Crippen LogP contribution in [0.1, 0.15) is 33.3 Å². The van der Waals surface area contributed by atoms with Gasteiger partial charge < -0.3 is 14.4 Å². The second-order valence-electron chi connectivity index (χ2n) is 6.70. The van der Waals surface area contributed by atoms with Gasteiger partial charge in [0, 0.05) is 17.1 Å². The van der Waals surface area contributed by atoms with Gasteiger partial charge in [0.05, 0.1) is 0 Å². The van der Waals surface area contributed by atoms with Crippen LogP contribution in [0.2, 0.25) is 0 Å². The number of para-hydroxylation sites is 2. The van der Waals surface area contributed by atoms with E-state index in [9.17, 15) is 4.79 Å². The number of fused-ring (bicyclic) bond motifs is 1. The molecule has 0 radical (unpaired) electrons. The number of nitrogens with zero attached hydrogens (tertiary/aromatic N) is 1. The number of ether oxygens (including phenoxy) is 2. The molecule has 2 aromatic carbocycles. The molecule has 24 heavy (non-hydrogen) atoms. The monoisotopic (exact) mass is 325 g/mol. The number of anilines is 1. The molecular formula is C20H23NO3. The summed E-state index contributed by atoms with van der Waals surface area (Å²) in [5.74, 6) is 0.477. The summed E-state index contributed by atoms with van der Waals surface area (Å²) in [7, 11) is 0. The van der Waals surface area contributed by atoms with Gasteiger partial charge in [-0.1, -0.05) is 50.2 Å². The van der Waals surface area contributed by atoms with Crippen LogP contribution in [0, 0.1) is 0 Å². The normalized spacial score (nSPS) is 19.5. The molecule has 4 heteroatoms. The first-order valence-corrected chi connectivity index (χ1v) is 8.22. The molecule has 0 fully saturated rings. The average Bonchev–Trinajstić information content (AvgIpc) is 2.75. The minimum Gasteiger partial charge on any atom is -0.410 e. The van der Waals surface area contributed by atoms with Crippen molar-refractivity contribution in [2.45, 2.75) is 45.4 Å². The second-order valence-corrected chi connectivity index (χ2v) is 6.70. The molecule has 2 aromatic rings. The molecule has 0 saturated carbocycles. The highest BCUT2D eigenvalue weighted by Crippen LogP contribution is 2.45. The molecule has 3 rings (SSSR count).